The van der Waals surface area contributed by atoms with Crippen molar-refractivity contribution in [2.75, 3.05) is 13.2 Å². The molecule has 0 saturated heterocycles. The minimum Gasteiger partial charge on any atom is -0.466 e. The van der Waals surface area contributed by atoms with E-state index in [9.17, 15) is 4.79 Å². The van der Waals surface area contributed by atoms with Crippen LogP contribution in [0.4, 0.5) is 0 Å². The van der Waals surface area contributed by atoms with Gasteiger partial charge in [0.05, 0.1) is 6.61 Å². The van der Waals surface area contributed by atoms with Gasteiger partial charge in [-0.3, -0.25) is 4.79 Å². The lowest BCUT2D eigenvalue weighted by atomic mass is 10.1. The van der Waals surface area contributed by atoms with E-state index < -0.39 is 0 Å². The molecule has 0 aromatic carbocycles. The molecule has 3 heteroatoms. The Morgan fingerprint density at radius 2 is 1.35 bits per heavy atom. The van der Waals surface area contributed by atoms with E-state index >= 15 is 0 Å². The molecule has 0 aromatic heterocycles. The molecule has 0 unspecified atom stereocenters. The van der Waals surface area contributed by atoms with Gasteiger partial charge < -0.3 is 9.84 Å². The van der Waals surface area contributed by atoms with Gasteiger partial charge in [-0.05, 0) is 19.3 Å². The number of carbonyl (C=O) groups excluding carboxylic acids is 1. The van der Waals surface area contributed by atoms with Crippen molar-refractivity contribution in [2.24, 2.45) is 0 Å². The van der Waals surface area contributed by atoms with Gasteiger partial charge in [-0.2, -0.15) is 0 Å². The van der Waals surface area contributed by atoms with Crippen molar-refractivity contribution in [3.8, 4) is 0 Å². The third-order valence-electron chi connectivity index (χ3n) is 3.55. The number of rotatable bonds is 15. The predicted molar refractivity (Wildman–Crippen MR) is 83.7 cm³/mol. The van der Waals surface area contributed by atoms with E-state index in [1.807, 2.05) is 0 Å². The Balaban J connectivity index is 3.09. The van der Waals surface area contributed by atoms with Gasteiger partial charge >= 0.3 is 5.97 Å². The van der Waals surface area contributed by atoms with E-state index in [1.165, 1.54) is 51.4 Å². The standard InChI is InChI=1S/C17H34O3/c1-2-3-4-5-6-7-8-9-13-16-20-17(19)14-11-10-12-15-18/h18H,2-16H2,1H3. The molecule has 0 saturated carbocycles. The van der Waals surface area contributed by atoms with Crippen LogP contribution in [0.2, 0.25) is 0 Å². The van der Waals surface area contributed by atoms with Crippen LogP contribution in [-0.2, 0) is 9.53 Å². The van der Waals surface area contributed by atoms with Gasteiger partial charge in [-0.1, -0.05) is 64.7 Å². The van der Waals surface area contributed by atoms with Crippen molar-refractivity contribution < 1.29 is 14.6 Å². The van der Waals surface area contributed by atoms with E-state index in [2.05, 4.69) is 6.92 Å². The summed E-state index contributed by atoms with van der Waals surface area (Å²) < 4.78 is 5.18. The number of aliphatic hydroxyl groups excluding tert-OH is 1. The molecular formula is C17H34O3. The maximum absolute atomic E-state index is 11.4. The van der Waals surface area contributed by atoms with E-state index in [4.69, 9.17) is 9.84 Å². The molecule has 0 aliphatic heterocycles. The second-order valence-corrected chi connectivity index (χ2v) is 5.58. The first-order valence-electron chi connectivity index (χ1n) is 8.57. The number of carbonyl (C=O) groups is 1. The third kappa shape index (κ3) is 15.5. The first kappa shape index (κ1) is 19.4. The molecule has 0 amide bonds. The predicted octanol–water partition coefficient (Wildman–Crippen LogP) is 4.61. The van der Waals surface area contributed by atoms with Crippen molar-refractivity contribution in [3.05, 3.63) is 0 Å². The molecule has 0 fully saturated rings. The molecule has 0 aliphatic rings. The monoisotopic (exact) mass is 286 g/mol. The zero-order valence-corrected chi connectivity index (χ0v) is 13.4. The van der Waals surface area contributed by atoms with Gasteiger partial charge in [0, 0.05) is 13.0 Å². The maximum Gasteiger partial charge on any atom is 0.305 e. The summed E-state index contributed by atoms with van der Waals surface area (Å²) in [7, 11) is 0. The van der Waals surface area contributed by atoms with Gasteiger partial charge in [-0.25, -0.2) is 0 Å². The molecule has 3 nitrogen and oxygen atoms in total. The van der Waals surface area contributed by atoms with Crippen LogP contribution in [0.1, 0.15) is 90.4 Å². The molecule has 0 spiro atoms. The average Bonchev–Trinajstić information content (AvgIpc) is 2.45. The molecule has 0 rings (SSSR count). The topological polar surface area (TPSA) is 46.5 Å². The summed E-state index contributed by atoms with van der Waals surface area (Å²) in [6.45, 7) is 3.04. The Hall–Kier alpha value is -0.570. The summed E-state index contributed by atoms with van der Waals surface area (Å²) in [4.78, 5) is 11.4. The van der Waals surface area contributed by atoms with E-state index in [0.29, 0.717) is 13.0 Å². The fourth-order valence-electron chi connectivity index (χ4n) is 2.23. The van der Waals surface area contributed by atoms with Crippen LogP contribution >= 0.6 is 0 Å². The summed E-state index contributed by atoms with van der Waals surface area (Å²) in [5, 5.41) is 8.62. The Kier molecular flexibility index (Phi) is 16.0. The molecular weight excluding hydrogens is 252 g/mol. The Labute approximate surface area is 125 Å². The molecule has 0 radical (unpaired) electrons. The molecule has 20 heavy (non-hydrogen) atoms. The highest BCUT2D eigenvalue weighted by atomic mass is 16.5. The number of ether oxygens (including phenoxy) is 1. The van der Waals surface area contributed by atoms with Crippen LogP contribution in [-0.4, -0.2) is 24.3 Å². The molecule has 0 heterocycles. The van der Waals surface area contributed by atoms with Gasteiger partial charge in [0.2, 0.25) is 0 Å². The van der Waals surface area contributed by atoms with Gasteiger partial charge in [0.15, 0.2) is 0 Å². The number of unbranched alkanes of at least 4 members (excludes halogenated alkanes) is 10. The minimum atomic E-state index is -0.0810. The van der Waals surface area contributed by atoms with Crippen LogP contribution < -0.4 is 0 Å². The smallest absolute Gasteiger partial charge is 0.305 e. The molecule has 0 aliphatic carbocycles. The summed E-state index contributed by atoms with van der Waals surface area (Å²) >= 11 is 0. The van der Waals surface area contributed by atoms with Gasteiger partial charge in [-0.15, -0.1) is 0 Å². The van der Waals surface area contributed by atoms with Crippen molar-refractivity contribution in [2.45, 2.75) is 90.4 Å². The zero-order chi connectivity index (χ0) is 14.9. The van der Waals surface area contributed by atoms with Crippen LogP contribution in [0.5, 0.6) is 0 Å². The highest BCUT2D eigenvalue weighted by molar-refractivity contribution is 5.69. The lowest BCUT2D eigenvalue weighted by Gasteiger charge is -2.05. The lowest BCUT2D eigenvalue weighted by Crippen LogP contribution is -2.05. The second-order valence-electron chi connectivity index (χ2n) is 5.58. The highest BCUT2D eigenvalue weighted by Crippen LogP contribution is 2.09. The molecule has 0 atom stereocenters. The number of hydrogen-bond acceptors (Lipinski definition) is 3. The number of hydrogen-bond donors (Lipinski definition) is 1. The maximum atomic E-state index is 11.4. The normalized spacial score (nSPS) is 10.7. The number of aliphatic hydroxyl groups is 1. The van der Waals surface area contributed by atoms with Crippen LogP contribution in [0.25, 0.3) is 0 Å². The van der Waals surface area contributed by atoms with Crippen LogP contribution in [0, 0.1) is 0 Å². The van der Waals surface area contributed by atoms with Gasteiger partial charge in [0.1, 0.15) is 0 Å². The first-order chi connectivity index (χ1) is 9.81. The summed E-state index contributed by atoms with van der Waals surface area (Å²) in [6, 6.07) is 0. The Morgan fingerprint density at radius 3 is 1.95 bits per heavy atom. The lowest BCUT2D eigenvalue weighted by molar-refractivity contribution is -0.143. The third-order valence-corrected chi connectivity index (χ3v) is 3.55. The number of esters is 1. The molecule has 120 valence electrons. The summed E-state index contributed by atoms with van der Waals surface area (Å²) in [5.74, 6) is -0.0810. The Bertz CT molecular complexity index is 204. The van der Waals surface area contributed by atoms with Crippen molar-refractivity contribution in [1.29, 1.82) is 0 Å². The van der Waals surface area contributed by atoms with Gasteiger partial charge in [0.25, 0.3) is 0 Å². The van der Waals surface area contributed by atoms with Crippen LogP contribution in [0.15, 0.2) is 0 Å². The van der Waals surface area contributed by atoms with E-state index in [0.717, 1.165) is 25.7 Å². The summed E-state index contributed by atoms with van der Waals surface area (Å²) in [6.07, 6.45) is 14.6. The second kappa shape index (κ2) is 16.5. The van der Waals surface area contributed by atoms with Crippen molar-refractivity contribution >= 4 is 5.97 Å². The molecule has 1 N–H and O–H groups in total. The van der Waals surface area contributed by atoms with E-state index in [1.54, 1.807) is 0 Å². The fourth-order valence-corrected chi connectivity index (χ4v) is 2.23. The Morgan fingerprint density at radius 1 is 0.800 bits per heavy atom. The SMILES string of the molecule is CCCCCCCCCCCOC(=O)CCCCCO. The minimum absolute atomic E-state index is 0.0810. The van der Waals surface area contributed by atoms with E-state index in [-0.39, 0.29) is 12.6 Å². The first-order valence-corrected chi connectivity index (χ1v) is 8.57. The largest absolute Gasteiger partial charge is 0.466 e. The molecule has 0 bridgehead atoms. The fraction of sp³-hybridized carbons (Fsp3) is 0.941. The van der Waals surface area contributed by atoms with Crippen molar-refractivity contribution in [3.63, 3.8) is 0 Å². The quantitative estimate of drug-likeness (QED) is 0.353. The average molecular weight is 286 g/mol. The van der Waals surface area contributed by atoms with Crippen LogP contribution in [0.3, 0.4) is 0 Å². The highest BCUT2D eigenvalue weighted by Gasteiger charge is 2.02. The molecule has 0 aromatic rings. The zero-order valence-electron chi connectivity index (χ0n) is 13.4. The summed E-state index contributed by atoms with van der Waals surface area (Å²) in [5.41, 5.74) is 0. The van der Waals surface area contributed by atoms with Crippen molar-refractivity contribution in [1.82, 2.24) is 0 Å².